The van der Waals surface area contributed by atoms with Crippen molar-refractivity contribution in [1.82, 2.24) is 9.29 Å². The van der Waals surface area contributed by atoms with Gasteiger partial charge in [-0.25, -0.2) is 13.4 Å². The van der Waals surface area contributed by atoms with Crippen molar-refractivity contribution in [2.45, 2.75) is 24.0 Å². The molecule has 0 unspecified atom stereocenters. The number of sulfonamides is 1. The number of para-hydroxylation sites is 2. The Labute approximate surface area is 179 Å². The van der Waals surface area contributed by atoms with Gasteiger partial charge in [0.1, 0.15) is 11.3 Å². The van der Waals surface area contributed by atoms with Crippen LogP contribution in [0.15, 0.2) is 57.0 Å². The minimum atomic E-state index is -3.66. The lowest BCUT2D eigenvalue weighted by molar-refractivity contribution is -0.113. The Bertz CT molecular complexity index is 1110. The smallest absolute Gasteiger partial charge is 0.257 e. The van der Waals surface area contributed by atoms with Gasteiger partial charge in [0.05, 0.1) is 23.4 Å². The molecule has 0 aliphatic heterocycles. The second kappa shape index (κ2) is 9.50. The summed E-state index contributed by atoms with van der Waals surface area (Å²) >= 11 is 1.15. The first-order valence-electron chi connectivity index (χ1n) is 9.35. The predicted octanol–water partition coefficient (Wildman–Crippen LogP) is 3.60. The Balaban J connectivity index is 1.74. The first-order valence-corrected chi connectivity index (χ1v) is 11.8. The van der Waals surface area contributed by atoms with Gasteiger partial charge in [-0.05, 0) is 30.3 Å². The minimum Gasteiger partial charge on any atom is -0.495 e. The zero-order valence-corrected chi connectivity index (χ0v) is 18.5. The number of nitrogens with one attached hydrogen (secondary N) is 1. The SMILES string of the molecule is CCN(CC)S(=O)(=O)c1ccc(OC)c(NC(=O)CSc2nc3ccccc3o2)c1. The highest BCUT2D eigenvalue weighted by atomic mass is 32.2. The van der Waals surface area contributed by atoms with Crippen molar-refractivity contribution in [3.05, 3.63) is 42.5 Å². The van der Waals surface area contributed by atoms with Crippen molar-refractivity contribution in [1.29, 1.82) is 0 Å². The van der Waals surface area contributed by atoms with Crippen LogP contribution in [0.1, 0.15) is 13.8 Å². The summed E-state index contributed by atoms with van der Waals surface area (Å²) < 4.78 is 37.8. The molecule has 160 valence electrons. The number of thioether (sulfide) groups is 1. The molecule has 0 aliphatic carbocycles. The maximum absolute atomic E-state index is 12.8. The molecule has 0 saturated carbocycles. The average Bonchev–Trinajstić information content (AvgIpc) is 3.16. The fourth-order valence-electron chi connectivity index (χ4n) is 2.88. The fourth-order valence-corrected chi connectivity index (χ4v) is 5.01. The molecule has 30 heavy (non-hydrogen) atoms. The van der Waals surface area contributed by atoms with Crippen LogP contribution in [-0.4, -0.2) is 49.6 Å². The number of ether oxygens (including phenoxy) is 1. The van der Waals surface area contributed by atoms with Gasteiger partial charge in [-0.1, -0.05) is 37.7 Å². The first kappa shape index (κ1) is 22.1. The van der Waals surface area contributed by atoms with E-state index in [1.54, 1.807) is 19.9 Å². The Morgan fingerprint density at radius 1 is 1.20 bits per heavy atom. The normalized spacial score (nSPS) is 11.7. The van der Waals surface area contributed by atoms with Crippen LogP contribution >= 0.6 is 11.8 Å². The van der Waals surface area contributed by atoms with E-state index in [4.69, 9.17) is 9.15 Å². The fraction of sp³-hybridized carbons (Fsp3) is 0.300. The molecule has 0 aliphatic rings. The summed E-state index contributed by atoms with van der Waals surface area (Å²) in [4.78, 5) is 16.9. The molecule has 8 nitrogen and oxygen atoms in total. The Hall–Kier alpha value is -2.56. The van der Waals surface area contributed by atoms with Gasteiger partial charge < -0.3 is 14.5 Å². The van der Waals surface area contributed by atoms with E-state index in [-0.39, 0.29) is 22.2 Å². The number of hydrogen-bond acceptors (Lipinski definition) is 7. The van der Waals surface area contributed by atoms with Crippen molar-refractivity contribution < 1.29 is 22.4 Å². The summed E-state index contributed by atoms with van der Waals surface area (Å²) in [6.45, 7) is 4.26. The molecule has 3 rings (SSSR count). The number of rotatable bonds is 9. The second-order valence-electron chi connectivity index (χ2n) is 6.24. The van der Waals surface area contributed by atoms with Gasteiger partial charge in [-0.2, -0.15) is 4.31 Å². The summed E-state index contributed by atoms with van der Waals surface area (Å²) in [7, 11) is -2.20. The average molecular weight is 450 g/mol. The Morgan fingerprint density at radius 2 is 1.93 bits per heavy atom. The first-order chi connectivity index (χ1) is 14.4. The van der Waals surface area contributed by atoms with Crippen LogP contribution < -0.4 is 10.1 Å². The number of nitrogens with zero attached hydrogens (tertiary/aromatic N) is 2. The van der Waals surface area contributed by atoms with Gasteiger partial charge >= 0.3 is 0 Å². The standard InChI is InChI=1S/C20H23N3O5S2/c1-4-23(5-2)30(25,26)14-10-11-17(27-3)16(12-14)21-19(24)13-29-20-22-15-8-6-7-9-18(15)28-20/h6-12H,4-5,13H2,1-3H3,(H,21,24). The monoisotopic (exact) mass is 449 g/mol. The van der Waals surface area contributed by atoms with Crippen LogP contribution in [0.4, 0.5) is 5.69 Å². The number of aromatic nitrogens is 1. The molecule has 0 atom stereocenters. The highest BCUT2D eigenvalue weighted by Gasteiger charge is 2.23. The lowest BCUT2D eigenvalue weighted by Crippen LogP contribution is -2.30. The Kier molecular flexibility index (Phi) is 7.01. The topological polar surface area (TPSA) is 102 Å². The van der Waals surface area contributed by atoms with Gasteiger partial charge in [0.15, 0.2) is 5.58 Å². The molecule has 0 spiro atoms. The molecular weight excluding hydrogens is 426 g/mol. The number of methoxy groups -OCH3 is 1. The molecule has 0 saturated heterocycles. The van der Waals surface area contributed by atoms with Gasteiger partial charge in [0.2, 0.25) is 15.9 Å². The number of benzene rings is 2. The third kappa shape index (κ3) is 4.77. The minimum absolute atomic E-state index is 0.0446. The summed E-state index contributed by atoms with van der Waals surface area (Å²) in [5, 5.41) is 3.10. The number of carbonyl (C=O) groups excluding carboxylic acids is 1. The lowest BCUT2D eigenvalue weighted by Gasteiger charge is -2.19. The molecule has 2 aromatic carbocycles. The zero-order chi connectivity index (χ0) is 21.7. The summed E-state index contributed by atoms with van der Waals surface area (Å²) in [5.41, 5.74) is 1.65. The van der Waals surface area contributed by atoms with E-state index in [2.05, 4.69) is 10.3 Å². The third-order valence-corrected chi connectivity index (χ3v) is 7.26. The van der Waals surface area contributed by atoms with Crippen LogP contribution in [0.2, 0.25) is 0 Å². The molecule has 0 fully saturated rings. The summed E-state index contributed by atoms with van der Waals surface area (Å²) in [6, 6.07) is 11.7. The number of hydrogen-bond donors (Lipinski definition) is 1. The van der Waals surface area contributed by atoms with Gasteiger partial charge in [0.25, 0.3) is 5.22 Å². The maximum Gasteiger partial charge on any atom is 0.257 e. The van der Waals surface area contributed by atoms with Crippen LogP contribution in [-0.2, 0) is 14.8 Å². The van der Waals surface area contributed by atoms with E-state index in [1.807, 2.05) is 18.2 Å². The molecular formula is C20H23N3O5S2. The van der Waals surface area contributed by atoms with Gasteiger partial charge in [-0.15, -0.1) is 0 Å². The molecule has 0 radical (unpaired) electrons. The Morgan fingerprint density at radius 3 is 2.60 bits per heavy atom. The van der Waals surface area contributed by atoms with Crippen LogP contribution in [0.3, 0.4) is 0 Å². The largest absolute Gasteiger partial charge is 0.495 e. The number of oxazole rings is 1. The van der Waals surface area contributed by atoms with Gasteiger partial charge in [0, 0.05) is 13.1 Å². The second-order valence-corrected chi connectivity index (χ2v) is 9.10. The van der Waals surface area contributed by atoms with E-state index >= 15 is 0 Å². The molecule has 10 heteroatoms. The number of carbonyl (C=O) groups is 1. The predicted molar refractivity (Wildman–Crippen MR) is 116 cm³/mol. The van der Waals surface area contributed by atoms with Gasteiger partial charge in [-0.3, -0.25) is 4.79 Å². The zero-order valence-electron chi connectivity index (χ0n) is 16.9. The third-order valence-electron chi connectivity index (χ3n) is 4.39. The molecule has 0 bridgehead atoms. The highest BCUT2D eigenvalue weighted by molar-refractivity contribution is 7.99. The molecule has 1 amide bonds. The molecule has 1 N–H and O–H groups in total. The number of fused-ring (bicyclic) bond motifs is 1. The molecule has 3 aromatic rings. The lowest BCUT2D eigenvalue weighted by atomic mass is 10.3. The van der Waals surface area contributed by atoms with E-state index in [9.17, 15) is 13.2 Å². The van der Waals surface area contributed by atoms with Crippen molar-refractivity contribution in [2.75, 3.05) is 31.3 Å². The van der Waals surface area contributed by atoms with Crippen LogP contribution in [0.5, 0.6) is 5.75 Å². The highest BCUT2D eigenvalue weighted by Crippen LogP contribution is 2.30. The summed E-state index contributed by atoms with van der Waals surface area (Å²) in [6.07, 6.45) is 0. The maximum atomic E-state index is 12.8. The van der Waals surface area contributed by atoms with Crippen molar-refractivity contribution in [2.24, 2.45) is 0 Å². The van der Waals surface area contributed by atoms with E-state index in [0.717, 1.165) is 17.3 Å². The van der Waals surface area contributed by atoms with Crippen molar-refractivity contribution in [3.8, 4) is 5.75 Å². The van der Waals surface area contributed by atoms with Crippen molar-refractivity contribution >= 4 is 44.5 Å². The van der Waals surface area contributed by atoms with E-state index < -0.39 is 10.0 Å². The van der Waals surface area contributed by atoms with Crippen molar-refractivity contribution in [3.63, 3.8) is 0 Å². The molecule has 1 heterocycles. The molecule has 1 aromatic heterocycles. The van der Waals surface area contributed by atoms with Crippen LogP contribution in [0, 0.1) is 0 Å². The van der Waals surface area contributed by atoms with E-state index in [0.29, 0.717) is 29.6 Å². The van der Waals surface area contributed by atoms with Crippen LogP contribution in [0.25, 0.3) is 11.1 Å². The number of amides is 1. The summed E-state index contributed by atoms with van der Waals surface area (Å²) in [5.74, 6) is 0.0786. The quantitative estimate of drug-likeness (QED) is 0.498. The number of anilines is 1. The van der Waals surface area contributed by atoms with E-state index in [1.165, 1.54) is 29.6 Å².